The maximum Gasteiger partial charge on any atom is 0.240 e. The van der Waals surface area contributed by atoms with Gasteiger partial charge in [0.05, 0.1) is 0 Å². The minimum absolute atomic E-state index is 0.0327. The van der Waals surface area contributed by atoms with E-state index in [1.165, 1.54) is 5.56 Å². The predicted octanol–water partition coefficient (Wildman–Crippen LogP) is 2.45. The van der Waals surface area contributed by atoms with Gasteiger partial charge in [-0.25, -0.2) is 0 Å². The maximum absolute atomic E-state index is 12.6. The lowest BCUT2D eigenvalue weighted by atomic mass is 10.1. The number of aryl methyl sites for hydroxylation is 1. The van der Waals surface area contributed by atoms with E-state index in [9.17, 15) is 9.59 Å². The first-order chi connectivity index (χ1) is 11.2. The molecule has 0 aliphatic carbocycles. The molecule has 1 atom stereocenters. The quantitative estimate of drug-likeness (QED) is 0.922. The first-order valence-corrected chi connectivity index (χ1v) is 7.90. The monoisotopic (exact) mass is 308 g/mol. The first kappa shape index (κ1) is 15.3. The molecule has 2 amide bonds. The second-order valence-electron chi connectivity index (χ2n) is 5.85. The van der Waals surface area contributed by atoms with E-state index in [2.05, 4.69) is 12.1 Å². The molecule has 1 unspecified atom stereocenters. The molecule has 4 heteroatoms. The molecular weight excluding hydrogens is 288 g/mol. The average Bonchev–Trinajstić information content (AvgIpc) is 2.95. The Morgan fingerprint density at radius 1 is 1.04 bits per heavy atom. The summed E-state index contributed by atoms with van der Waals surface area (Å²) in [7, 11) is 0. The van der Waals surface area contributed by atoms with Crippen LogP contribution in [0.1, 0.15) is 24.0 Å². The Morgan fingerprint density at radius 2 is 1.74 bits per heavy atom. The minimum atomic E-state index is -0.559. The van der Waals surface area contributed by atoms with Gasteiger partial charge in [0.2, 0.25) is 11.8 Å². The van der Waals surface area contributed by atoms with Gasteiger partial charge in [-0.05, 0) is 30.0 Å². The highest BCUT2D eigenvalue weighted by molar-refractivity contribution is 6.03. The van der Waals surface area contributed by atoms with Gasteiger partial charge in [-0.3, -0.25) is 14.5 Å². The van der Waals surface area contributed by atoms with Gasteiger partial charge in [0.15, 0.2) is 0 Å². The Kier molecular flexibility index (Phi) is 4.42. The Hall–Kier alpha value is -2.62. The van der Waals surface area contributed by atoms with E-state index in [1.807, 2.05) is 42.5 Å². The summed E-state index contributed by atoms with van der Waals surface area (Å²) in [6.07, 6.45) is 2.53. The summed E-state index contributed by atoms with van der Waals surface area (Å²) in [4.78, 5) is 25.9. The van der Waals surface area contributed by atoms with Crippen molar-refractivity contribution < 1.29 is 9.59 Å². The number of anilines is 1. The van der Waals surface area contributed by atoms with Crippen LogP contribution in [0, 0.1) is 0 Å². The van der Waals surface area contributed by atoms with Gasteiger partial charge < -0.3 is 5.73 Å². The Balaban J connectivity index is 1.68. The SMILES string of the molecule is NC(=O)C1Cc2ccccc2N1C(=O)CCCc1ccccc1. The summed E-state index contributed by atoms with van der Waals surface area (Å²) in [6.45, 7) is 0. The smallest absolute Gasteiger partial charge is 0.240 e. The summed E-state index contributed by atoms with van der Waals surface area (Å²) in [5.41, 5.74) is 8.54. The van der Waals surface area contributed by atoms with Crippen LogP contribution in [0.25, 0.3) is 0 Å². The third-order valence-corrected chi connectivity index (χ3v) is 4.27. The van der Waals surface area contributed by atoms with Crippen molar-refractivity contribution in [3.8, 4) is 0 Å². The number of hydrogen-bond donors (Lipinski definition) is 1. The van der Waals surface area contributed by atoms with Crippen LogP contribution in [0.4, 0.5) is 5.69 Å². The molecule has 2 aromatic rings. The molecule has 0 bridgehead atoms. The molecule has 4 nitrogen and oxygen atoms in total. The van der Waals surface area contributed by atoms with Crippen LogP contribution < -0.4 is 10.6 Å². The molecule has 2 N–H and O–H groups in total. The number of benzene rings is 2. The number of hydrogen-bond acceptors (Lipinski definition) is 2. The molecule has 0 spiro atoms. The standard InChI is InChI=1S/C19H20N2O2/c20-19(23)17-13-15-10-4-5-11-16(15)21(17)18(22)12-6-9-14-7-2-1-3-8-14/h1-5,7-8,10-11,17H,6,9,12-13H2,(H2,20,23). The van der Waals surface area contributed by atoms with Gasteiger partial charge in [0.25, 0.3) is 0 Å². The molecule has 0 aromatic heterocycles. The van der Waals surface area contributed by atoms with Crippen LogP contribution in [0.2, 0.25) is 0 Å². The summed E-state index contributed by atoms with van der Waals surface area (Å²) in [5, 5.41) is 0. The lowest BCUT2D eigenvalue weighted by molar-refractivity contribution is -0.124. The molecule has 118 valence electrons. The van der Waals surface area contributed by atoms with E-state index in [4.69, 9.17) is 5.73 Å². The Morgan fingerprint density at radius 3 is 2.48 bits per heavy atom. The summed E-state index contributed by atoms with van der Waals surface area (Å²) in [5.74, 6) is -0.479. The van der Waals surface area contributed by atoms with Gasteiger partial charge in [-0.1, -0.05) is 48.5 Å². The van der Waals surface area contributed by atoms with Crippen molar-refractivity contribution in [3.63, 3.8) is 0 Å². The molecule has 1 heterocycles. The summed E-state index contributed by atoms with van der Waals surface area (Å²) in [6, 6.07) is 17.2. The van der Waals surface area contributed by atoms with Crippen molar-refractivity contribution in [1.82, 2.24) is 0 Å². The van der Waals surface area contributed by atoms with Gasteiger partial charge in [0, 0.05) is 18.5 Å². The van der Waals surface area contributed by atoms with Gasteiger partial charge >= 0.3 is 0 Å². The molecule has 0 fully saturated rings. The van der Waals surface area contributed by atoms with Crippen LogP contribution in [-0.2, 0) is 22.4 Å². The average molecular weight is 308 g/mol. The first-order valence-electron chi connectivity index (χ1n) is 7.90. The van der Waals surface area contributed by atoms with Crippen molar-refractivity contribution in [1.29, 1.82) is 0 Å². The van der Waals surface area contributed by atoms with Crippen LogP contribution in [-0.4, -0.2) is 17.9 Å². The van der Waals surface area contributed by atoms with Gasteiger partial charge in [-0.15, -0.1) is 0 Å². The number of fused-ring (bicyclic) bond motifs is 1. The van der Waals surface area contributed by atoms with Crippen LogP contribution in [0.3, 0.4) is 0 Å². The molecule has 3 rings (SSSR count). The van der Waals surface area contributed by atoms with E-state index < -0.39 is 11.9 Å². The molecule has 0 saturated heterocycles. The third kappa shape index (κ3) is 3.26. The molecule has 0 saturated carbocycles. The van der Waals surface area contributed by atoms with Crippen molar-refractivity contribution in [2.75, 3.05) is 4.90 Å². The lowest BCUT2D eigenvalue weighted by Gasteiger charge is -2.23. The van der Waals surface area contributed by atoms with Crippen molar-refractivity contribution >= 4 is 17.5 Å². The van der Waals surface area contributed by atoms with E-state index in [1.54, 1.807) is 4.90 Å². The Bertz CT molecular complexity index is 712. The number of nitrogens with zero attached hydrogens (tertiary/aromatic N) is 1. The highest BCUT2D eigenvalue weighted by Gasteiger charge is 2.36. The number of nitrogens with two attached hydrogens (primary N) is 1. The lowest BCUT2D eigenvalue weighted by Crippen LogP contribution is -2.46. The summed E-state index contributed by atoms with van der Waals surface area (Å²) >= 11 is 0. The predicted molar refractivity (Wildman–Crippen MR) is 90.0 cm³/mol. The van der Waals surface area contributed by atoms with Gasteiger partial charge in [-0.2, -0.15) is 0 Å². The van der Waals surface area contributed by atoms with Crippen LogP contribution >= 0.6 is 0 Å². The second kappa shape index (κ2) is 6.65. The maximum atomic E-state index is 12.6. The molecule has 1 aliphatic rings. The second-order valence-corrected chi connectivity index (χ2v) is 5.85. The fourth-order valence-corrected chi connectivity index (χ4v) is 3.13. The minimum Gasteiger partial charge on any atom is -0.368 e. The normalized spacial score (nSPS) is 16.2. The zero-order chi connectivity index (χ0) is 16.2. The number of amides is 2. The molecule has 0 radical (unpaired) electrons. The zero-order valence-electron chi connectivity index (χ0n) is 12.9. The molecule has 2 aromatic carbocycles. The fourth-order valence-electron chi connectivity index (χ4n) is 3.13. The van der Waals surface area contributed by atoms with Crippen LogP contribution in [0.5, 0.6) is 0 Å². The summed E-state index contributed by atoms with van der Waals surface area (Å²) < 4.78 is 0. The number of para-hydroxylation sites is 1. The van der Waals surface area contributed by atoms with E-state index in [0.717, 1.165) is 24.1 Å². The van der Waals surface area contributed by atoms with E-state index in [0.29, 0.717) is 12.8 Å². The van der Waals surface area contributed by atoms with Crippen molar-refractivity contribution in [2.45, 2.75) is 31.7 Å². The van der Waals surface area contributed by atoms with Crippen molar-refractivity contribution in [3.05, 3.63) is 65.7 Å². The molecule has 23 heavy (non-hydrogen) atoms. The number of carbonyl (C=O) groups excluding carboxylic acids is 2. The number of rotatable bonds is 5. The largest absolute Gasteiger partial charge is 0.368 e. The van der Waals surface area contributed by atoms with E-state index in [-0.39, 0.29) is 5.91 Å². The molecular formula is C19H20N2O2. The highest BCUT2D eigenvalue weighted by atomic mass is 16.2. The Labute approximate surface area is 135 Å². The van der Waals surface area contributed by atoms with E-state index >= 15 is 0 Å². The van der Waals surface area contributed by atoms with Gasteiger partial charge in [0.1, 0.15) is 6.04 Å². The highest BCUT2D eigenvalue weighted by Crippen LogP contribution is 2.32. The topological polar surface area (TPSA) is 63.4 Å². The molecule has 1 aliphatic heterocycles. The van der Waals surface area contributed by atoms with Crippen LogP contribution in [0.15, 0.2) is 54.6 Å². The number of carbonyl (C=O) groups is 2. The number of primary amides is 1. The third-order valence-electron chi connectivity index (χ3n) is 4.27. The zero-order valence-corrected chi connectivity index (χ0v) is 12.9. The fraction of sp³-hybridized carbons (Fsp3) is 0.263. The van der Waals surface area contributed by atoms with Crippen molar-refractivity contribution in [2.24, 2.45) is 5.73 Å².